The molecular weight excluding hydrogens is 570 g/mol. The van der Waals surface area contributed by atoms with Crippen molar-refractivity contribution in [3.05, 3.63) is 114 Å². The fourth-order valence-electron chi connectivity index (χ4n) is 6.81. The van der Waals surface area contributed by atoms with Gasteiger partial charge in [-0.2, -0.15) is 0 Å². The van der Waals surface area contributed by atoms with Crippen molar-refractivity contribution >= 4 is 22.6 Å². The Morgan fingerprint density at radius 1 is 0.826 bits per heavy atom. The molecule has 6 rings (SSSR count). The summed E-state index contributed by atoms with van der Waals surface area (Å²) >= 11 is 0. The Bertz CT molecular complexity index is 1800. The van der Waals surface area contributed by atoms with Crippen LogP contribution >= 0.6 is 0 Å². The molecule has 0 radical (unpaired) electrons. The first kappa shape index (κ1) is 31.4. The van der Waals surface area contributed by atoms with E-state index < -0.39 is 11.6 Å². The van der Waals surface area contributed by atoms with Crippen molar-refractivity contribution < 1.29 is 14.3 Å². The summed E-state index contributed by atoms with van der Waals surface area (Å²) in [5.41, 5.74) is 5.72. The Balaban J connectivity index is 1.68. The number of cyclic esters (lactones) is 1. The predicted molar refractivity (Wildman–Crippen MR) is 187 cm³/mol. The molecule has 0 saturated heterocycles. The van der Waals surface area contributed by atoms with Crippen LogP contribution in [0, 0.1) is 0 Å². The molecule has 6 heteroatoms. The van der Waals surface area contributed by atoms with Gasteiger partial charge in [0.05, 0.1) is 12.3 Å². The zero-order valence-corrected chi connectivity index (χ0v) is 27.6. The SMILES string of the molecule is CCCCOc1cc(N(CCCC)CCCC)ccc1C1(c2c(-c3ccccc3)n(C)c3ccccc23)OC(=O)c2ncccc21. The average Bonchev–Trinajstić information content (AvgIpc) is 3.56. The number of aromatic nitrogens is 2. The number of hydrogen-bond donors (Lipinski definition) is 0. The summed E-state index contributed by atoms with van der Waals surface area (Å²) in [5.74, 6) is 0.305. The number of fused-ring (bicyclic) bond motifs is 2. The van der Waals surface area contributed by atoms with Crippen LogP contribution in [0.15, 0.2) is 91.1 Å². The van der Waals surface area contributed by atoms with Crippen LogP contribution in [-0.2, 0) is 17.4 Å². The predicted octanol–water partition coefficient (Wildman–Crippen LogP) is 9.29. The van der Waals surface area contributed by atoms with Crippen LogP contribution in [0.1, 0.15) is 86.5 Å². The van der Waals surface area contributed by atoms with E-state index in [2.05, 4.69) is 109 Å². The largest absolute Gasteiger partial charge is 0.493 e. The molecule has 0 bridgehead atoms. The van der Waals surface area contributed by atoms with Gasteiger partial charge in [-0.3, -0.25) is 0 Å². The number of para-hydroxylation sites is 1. The highest BCUT2D eigenvalue weighted by molar-refractivity contribution is 6.00. The van der Waals surface area contributed by atoms with Gasteiger partial charge in [0, 0.05) is 65.7 Å². The van der Waals surface area contributed by atoms with Crippen molar-refractivity contribution in [1.29, 1.82) is 0 Å². The van der Waals surface area contributed by atoms with Crippen LogP contribution in [-0.4, -0.2) is 35.2 Å². The zero-order valence-electron chi connectivity index (χ0n) is 27.6. The van der Waals surface area contributed by atoms with Crippen molar-refractivity contribution in [2.24, 2.45) is 7.05 Å². The molecule has 238 valence electrons. The minimum absolute atomic E-state index is 0.338. The number of ether oxygens (including phenoxy) is 2. The molecule has 46 heavy (non-hydrogen) atoms. The molecule has 5 aromatic rings. The van der Waals surface area contributed by atoms with Crippen LogP contribution in [0.2, 0.25) is 0 Å². The number of carbonyl (C=O) groups is 1. The van der Waals surface area contributed by atoms with E-state index in [0.29, 0.717) is 12.3 Å². The maximum atomic E-state index is 13.9. The average molecular weight is 616 g/mol. The third-order valence-corrected chi connectivity index (χ3v) is 9.16. The Hall–Kier alpha value is -4.58. The lowest BCUT2D eigenvalue weighted by Crippen LogP contribution is -2.31. The number of esters is 1. The molecule has 0 aliphatic carbocycles. The zero-order chi connectivity index (χ0) is 32.1. The monoisotopic (exact) mass is 615 g/mol. The topological polar surface area (TPSA) is 56.6 Å². The summed E-state index contributed by atoms with van der Waals surface area (Å²) in [4.78, 5) is 20.9. The molecule has 6 nitrogen and oxygen atoms in total. The van der Waals surface area contributed by atoms with Crippen LogP contribution < -0.4 is 9.64 Å². The number of pyridine rings is 1. The number of benzene rings is 3. The molecule has 0 N–H and O–H groups in total. The quantitative estimate of drug-likeness (QED) is 0.0921. The maximum absolute atomic E-state index is 13.9. The summed E-state index contributed by atoms with van der Waals surface area (Å²) in [6, 6.07) is 29.1. The van der Waals surface area contributed by atoms with E-state index in [1.165, 1.54) is 0 Å². The maximum Gasteiger partial charge on any atom is 0.358 e. The molecule has 1 unspecified atom stereocenters. The van der Waals surface area contributed by atoms with E-state index in [0.717, 1.165) is 102 Å². The molecule has 0 amide bonds. The molecule has 1 aliphatic rings. The Morgan fingerprint density at radius 2 is 1.54 bits per heavy atom. The van der Waals surface area contributed by atoms with Gasteiger partial charge in [0.25, 0.3) is 0 Å². The number of unbranched alkanes of at least 4 members (excludes halogenated alkanes) is 3. The highest BCUT2D eigenvalue weighted by Crippen LogP contribution is 2.55. The molecule has 0 spiro atoms. The van der Waals surface area contributed by atoms with Crippen LogP contribution in [0.5, 0.6) is 5.75 Å². The molecule has 2 aromatic heterocycles. The first-order chi connectivity index (χ1) is 22.5. The van der Waals surface area contributed by atoms with Crippen molar-refractivity contribution in [3.63, 3.8) is 0 Å². The fraction of sp³-hybridized carbons (Fsp3) is 0.350. The first-order valence-corrected chi connectivity index (χ1v) is 16.9. The van der Waals surface area contributed by atoms with Crippen molar-refractivity contribution in [3.8, 4) is 17.0 Å². The van der Waals surface area contributed by atoms with E-state index in [9.17, 15) is 4.79 Å². The summed E-state index contributed by atoms with van der Waals surface area (Å²) in [5, 5.41) is 1.02. The van der Waals surface area contributed by atoms with Gasteiger partial charge in [-0.15, -0.1) is 0 Å². The number of anilines is 1. The Kier molecular flexibility index (Phi) is 9.43. The number of carbonyl (C=O) groups excluding carboxylic acids is 1. The molecule has 3 aromatic carbocycles. The molecule has 0 saturated carbocycles. The van der Waals surface area contributed by atoms with E-state index in [1.807, 2.05) is 18.2 Å². The second kappa shape index (κ2) is 13.8. The minimum Gasteiger partial charge on any atom is -0.493 e. The fourth-order valence-corrected chi connectivity index (χ4v) is 6.81. The lowest BCUT2D eigenvalue weighted by Gasteiger charge is -2.33. The molecule has 3 heterocycles. The van der Waals surface area contributed by atoms with Gasteiger partial charge in [-0.05, 0) is 49.1 Å². The highest BCUT2D eigenvalue weighted by Gasteiger charge is 2.53. The molecule has 1 atom stereocenters. The Morgan fingerprint density at radius 3 is 2.28 bits per heavy atom. The van der Waals surface area contributed by atoms with E-state index in [-0.39, 0.29) is 0 Å². The summed E-state index contributed by atoms with van der Waals surface area (Å²) < 4.78 is 15.7. The van der Waals surface area contributed by atoms with Gasteiger partial charge in [0.15, 0.2) is 11.3 Å². The second-order valence-electron chi connectivity index (χ2n) is 12.2. The van der Waals surface area contributed by atoms with Gasteiger partial charge in [0.1, 0.15) is 5.75 Å². The third kappa shape index (κ3) is 5.55. The van der Waals surface area contributed by atoms with Gasteiger partial charge in [-0.1, -0.05) is 94.6 Å². The van der Waals surface area contributed by atoms with Gasteiger partial charge in [-0.25, -0.2) is 9.78 Å². The van der Waals surface area contributed by atoms with Crippen LogP contribution in [0.4, 0.5) is 5.69 Å². The summed E-state index contributed by atoms with van der Waals surface area (Å²) in [6.07, 6.45) is 8.11. The standard InChI is InChI=1S/C40H45N3O3/c1-5-8-25-43(26-9-6-2)30-22-23-32(35(28-30)45-27-10-7-3)40(33-20-16-24-41-37(33)39(44)46-40)36-31-19-14-15-21-34(31)42(4)38(36)29-17-12-11-13-18-29/h11-24,28H,5-10,25-27H2,1-4H3. The molecule has 0 fully saturated rings. The smallest absolute Gasteiger partial charge is 0.358 e. The lowest BCUT2D eigenvalue weighted by molar-refractivity contribution is 0.0246. The number of hydrogen-bond acceptors (Lipinski definition) is 5. The molecule has 1 aliphatic heterocycles. The third-order valence-electron chi connectivity index (χ3n) is 9.16. The Labute approximate surface area is 273 Å². The highest BCUT2D eigenvalue weighted by atomic mass is 16.6. The molecular formula is C40H45N3O3. The summed E-state index contributed by atoms with van der Waals surface area (Å²) in [6.45, 7) is 9.18. The minimum atomic E-state index is -1.29. The van der Waals surface area contributed by atoms with E-state index in [4.69, 9.17) is 9.47 Å². The van der Waals surface area contributed by atoms with Gasteiger partial charge >= 0.3 is 5.97 Å². The lowest BCUT2D eigenvalue weighted by atomic mass is 9.78. The van der Waals surface area contributed by atoms with Gasteiger partial charge in [0.2, 0.25) is 0 Å². The number of nitrogens with zero attached hydrogens (tertiary/aromatic N) is 3. The van der Waals surface area contributed by atoms with E-state index in [1.54, 1.807) is 6.20 Å². The normalized spacial score (nSPS) is 15.6. The first-order valence-electron chi connectivity index (χ1n) is 16.9. The van der Waals surface area contributed by atoms with Crippen LogP contribution in [0.25, 0.3) is 22.2 Å². The number of aryl methyl sites for hydroxylation is 1. The second-order valence-corrected chi connectivity index (χ2v) is 12.2. The van der Waals surface area contributed by atoms with Crippen molar-refractivity contribution in [2.45, 2.75) is 64.9 Å². The van der Waals surface area contributed by atoms with Crippen molar-refractivity contribution in [1.82, 2.24) is 9.55 Å². The van der Waals surface area contributed by atoms with Gasteiger partial charge < -0.3 is 18.9 Å². The van der Waals surface area contributed by atoms with Crippen LogP contribution in [0.3, 0.4) is 0 Å². The van der Waals surface area contributed by atoms with Crippen molar-refractivity contribution in [2.75, 3.05) is 24.6 Å². The number of rotatable bonds is 14. The van der Waals surface area contributed by atoms with E-state index >= 15 is 0 Å². The summed E-state index contributed by atoms with van der Waals surface area (Å²) in [7, 11) is 2.09.